The Bertz CT molecular complexity index is 513. The summed E-state index contributed by atoms with van der Waals surface area (Å²) in [5.41, 5.74) is 6.65. The molecule has 0 aliphatic heterocycles. The highest BCUT2D eigenvalue weighted by Gasteiger charge is 2.21. The standard InChI is InChI=1S/C14H18N2O5/c1-21-12(17)7-6-11(14(19)20)16-13(18)10-4-2-9(8-15)3-5-10/h2-5,11H,6-8,15H2,1H3,(H,16,18)(H,19,20)/t11-/m1/s1. The van der Waals surface area contributed by atoms with Crippen molar-refractivity contribution < 1.29 is 24.2 Å². The normalized spacial score (nSPS) is 11.5. The number of carbonyl (C=O) groups is 3. The van der Waals surface area contributed by atoms with Crippen LogP contribution < -0.4 is 11.1 Å². The van der Waals surface area contributed by atoms with E-state index in [0.717, 1.165) is 5.56 Å². The van der Waals surface area contributed by atoms with Gasteiger partial charge >= 0.3 is 11.9 Å². The third-order valence-corrected chi connectivity index (χ3v) is 2.92. The van der Waals surface area contributed by atoms with Crippen molar-refractivity contribution in [3.63, 3.8) is 0 Å². The van der Waals surface area contributed by atoms with E-state index < -0.39 is 23.9 Å². The summed E-state index contributed by atoms with van der Waals surface area (Å²) in [5.74, 6) is -2.25. The Morgan fingerprint density at radius 2 is 1.90 bits per heavy atom. The minimum absolute atomic E-state index is 0.0331. The quantitative estimate of drug-likeness (QED) is 0.622. The second-order valence-corrected chi connectivity index (χ2v) is 4.38. The van der Waals surface area contributed by atoms with Gasteiger partial charge in [-0.25, -0.2) is 4.79 Å². The Morgan fingerprint density at radius 3 is 2.38 bits per heavy atom. The van der Waals surface area contributed by atoms with Crippen LogP contribution in [0.1, 0.15) is 28.8 Å². The molecule has 114 valence electrons. The van der Waals surface area contributed by atoms with Crippen LogP contribution in [0.15, 0.2) is 24.3 Å². The number of carboxylic acid groups (broad SMARTS) is 1. The molecule has 1 rings (SSSR count). The number of amides is 1. The molecule has 0 unspecified atom stereocenters. The summed E-state index contributed by atoms with van der Waals surface area (Å²) < 4.78 is 4.44. The number of aliphatic carboxylic acids is 1. The fourth-order valence-corrected chi connectivity index (χ4v) is 1.66. The first kappa shape index (κ1) is 16.6. The molecule has 0 heterocycles. The van der Waals surface area contributed by atoms with Gasteiger partial charge in [0.05, 0.1) is 7.11 Å². The zero-order valence-electron chi connectivity index (χ0n) is 11.7. The number of nitrogens with two attached hydrogens (primary N) is 1. The Balaban J connectivity index is 2.66. The number of methoxy groups -OCH3 is 1. The summed E-state index contributed by atoms with van der Waals surface area (Å²) in [4.78, 5) is 34.1. The number of nitrogens with one attached hydrogen (secondary N) is 1. The number of carboxylic acids is 1. The summed E-state index contributed by atoms with van der Waals surface area (Å²) in [6.45, 7) is 0.360. The molecular formula is C14H18N2O5. The molecule has 0 aliphatic carbocycles. The predicted octanol–water partition coefficient (Wildman–Crippen LogP) is 0.281. The number of benzene rings is 1. The Labute approximate surface area is 122 Å². The Hall–Kier alpha value is -2.41. The maximum atomic E-state index is 12.0. The summed E-state index contributed by atoms with van der Waals surface area (Å²) in [7, 11) is 1.22. The van der Waals surface area contributed by atoms with E-state index in [4.69, 9.17) is 10.8 Å². The van der Waals surface area contributed by atoms with Gasteiger partial charge < -0.3 is 20.9 Å². The van der Waals surface area contributed by atoms with Crippen LogP contribution in [0.25, 0.3) is 0 Å². The molecule has 1 amide bonds. The zero-order valence-corrected chi connectivity index (χ0v) is 11.7. The van der Waals surface area contributed by atoms with Crippen LogP contribution in [0.4, 0.5) is 0 Å². The third-order valence-electron chi connectivity index (χ3n) is 2.92. The highest BCUT2D eigenvalue weighted by molar-refractivity contribution is 5.96. The van der Waals surface area contributed by atoms with Crippen molar-refractivity contribution in [2.24, 2.45) is 5.73 Å². The summed E-state index contributed by atoms with van der Waals surface area (Å²) in [6.07, 6.45) is -0.117. The number of ether oxygens (including phenoxy) is 1. The van der Waals surface area contributed by atoms with Crippen molar-refractivity contribution in [2.45, 2.75) is 25.4 Å². The van der Waals surface area contributed by atoms with Crippen molar-refractivity contribution in [1.29, 1.82) is 0 Å². The second kappa shape index (κ2) is 8.01. The van der Waals surface area contributed by atoms with E-state index in [1.54, 1.807) is 24.3 Å². The first-order valence-electron chi connectivity index (χ1n) is 6.37. The third kappa shape index (κ3) is 5.23. The molecule has 0 saturated heterocycles. The highest BCUT2D eigenvalue weighted by Crippen LogP contribution is 2.06. The van der Waals surface area contributed by atoms with E-state index >= 15 is 0 Å². The van der Waals surface area contributed by atoms with Gasteiger partial charge in [0.15, 0.2) is 0 Å². The molecule has 0 saturated carbocycles. The van der Waals surface area contributed by atoms with Crippen LogP contribution in [0, 0.1) is 0 Å². The van der Waals surface area contributed by atoms with Gasteiger partial charge in [-0.15, -0.1) is 0 Å². The SMILES string of the molecule is COC(=O)CC[C@@H](NC(=O)c1ccc(CN)cc1)C(=O)O. The number of hydrogen-bond acceptors (Lipinski definition) is 5. The topological polar surface area (TPSA) is 119 Å². The molecule has 7 heteroatoms. The van der Waals surface area contributed by atoms with Crippen LogP contribution in [0.5, 0.6) is 0 Å². The molecule has 21 heavy (non-hydrogen) atoms. The fourth-order valence-electron chi connectivity index (χ4n) is 1.66. The van der Waals surface area contributed by atoms with Gasteiger partial charge in [-0.1, -0.05) is 12.1 Å². The second-order valence-electron chi connectivity index (χ2n) is 4.38. The molecule has 1 atom stereocenters. The molecule has 0 spiro atoms. The number of rotatable bonds is 7. The van der Waals surface area contributed by atoms with Crippen molar-refractivity contribution in [2.75, 3.05) is 7.11 Å². The molecule has 0 radical (unpaired) electrons. The molecule has 0 aliphatic rings. The van der Waals surface area contributed by atoms with E-state index in [0.29, 0.717) is 12.1 Å². The molecular weight excluding hydrogens is 276 g/mol. The van der Waals surface area contributed by atoms with Crippen LogP contribution in [-0.2, 0) is 20.9 Å². The Kier molecular flexibility index (Phi) is 6.35. The highest BCUT2D eigenvalue weighted by atomic mass is 16.5. The van der Waals surface area contributed by atoms with Gasteiger partial charge in [0.1, 0.15) is 6.04 Å². The first-order valence-corrected chi connectivity index (χ1v) is 6.37. The molecule has 4 N–H and O–H groups in total. The van der Waals surface area contributed by atoms with E-state index in [-0.39, 0.29) is 12.8 Å². The van der Waals surface area contributed by atoms with Crippen LogP contribution in [-0.4, -0.2) is 36.1 Å². The molecule has 0 aromatic heterocycles. The Morgan fingerprint density at radius 1 is 1.29 bits per heavy atom. The predicted molar refractivity (Wildman–Crippen MR) is 74.5 cm³/mol. The van der Waals surface area contributed by atoms with Gasteiger partial charge in [-0.05, 0) is 24.1 Å². The van der Waals surface area contributed by atoms with E-state index in [2.05, 4.69) is 10.1 Å². The van der Waals surface area contributed by atoms with Gasteiger partial charge in [0.25, 0.3) is 5.91 Å². The maximum absolute atomic E-state index is 12.0. The smallest absolute Gasteiger partial charge is 0.326 e. The number of carbonyl (C=O) groups excluding carboxylic acids is 2. The molecule has 0 bridgehead atoms. The summed E-state index contributed by atoms with van der Waals surface area (Å²) in [5, 5.41) is 11.4. The average Bonchev–Trinajstić information content (AvgIpc) is 2.50. The van der Waals surface area contributed by atoms with Crippen molar-refractivity contribution in [1.82, 2.24) is 5.32 Å². The molecule has 1 aromatic rings. The van der Waals surface area contributed by atoms with Crippen LogP contribution in [0.2, 0.25) is 0 Å². The van der Waals surface area contributed by atoms with E-state index in [9.17, 15) is 14.4 Å². The van der Waals surface area contributed by atoms with E-state index in [1.807, 2.05) is 0 Å². The lowest BCUT2D eigenvalue weighted by atomic mass is 10.1. The molecule has 1 aromatic carbocycles. The van der Waals surface area contributed by atoms with Gasteiger partial charge in [0, 0.05) is 18.5 Å². The molecule has 0 fully saturated rings. The number of hydrogen-bond donors (Lipinski definition) is 3. The summed E-state index contributed by atoms with van der Waals surface area (Å²) >= 11 is 0. The summed E-state index contributed by atoms with van der Waals surface area (Å²) in [6, 6.07) is 5.37. The van der Waals surface area contributed by atoms with E-state index in [1.165, 1.54) is 7.11 Å². The average molecular weight is 294 g/mol. The van der Waals surface area contributed by atoms with Gasteiger partial charge in [-0.3, -0.25) is 9.59 Å². The number of esters is 1. The maximum Gasteiger partial charge on any atom is 0.326 e. The minimum atomic E-state index is -1.20. The lowest BCUT2D eigenvalue weighted by Crippen LogP contribution is -2.41. The van der Waals surface area contributed by atoms with Gasteiger partial charge in [-0.2, -0.15) is 0 Å². The zero-order chi connectivity index (χ0) is 15.8. The van der Waals surface area contributed by atoms with Crippen LogP contribution in [0.3, 0.4) is 0 Å². The minimum Gasteiger partial charge on any atom is -0.480 e. The fraction of sp³-hybridized carbons (Fsp3) is 0.357. The van der Waals surface area contributed by atoms with Crippen LogP contribution >= 0.6 is 0 Å². The monoisotopic (exact) mass is 294 g/mol. The van der Waals surface area contributed by atoms with Crippen molar-refractivity contribution in [3.05, 3.63) is 35.4 Å². The lowest BCUT2D eigenvalue weighted by molar-refractivity contribution is -0.142. The lowest BCUT2D eigenvalue weighted by Gasteiger charge is -2.14. The van der Waals surface area contributed by atoms with Crippen molar-refractivity contribution >= 4 is 17.8 Å². The van der Waals surface area contributed by atoms with Crippen molar-refractivity contribution in [3.8, 4) is 0 Å². The first-order chi connectivity index (χ1) is 9.97. The molecule has 7 nitrogen and oxygen atoms in total. The van der Waals surface area contributed by atoms with Gasteiger partial charge in [0.2, 0.25) is 0 Å². The largest absolute Gasteiger partial charge is 0.480 e.